The van der Waals surface area contributed by atoms with E-state index in [0.29, 0.717) is 6.10 Å². The smallest absolute Gasteiger partial charge is 0.0750 e. The van der Waals surface area contributed by atoms with Crippen LogP contribution in [0, 0.1) is 6.92 Å². The fraction of sp³-hybridized carbons (Fsp3) is 0.438. The predicted molar refractivity (Wildman–Crippen MR) is 83.1 cm³/mol. The number of nitrogen functional groups attached to an aromatic ring is 1. The van der Waals surface area contributed by atoms with Crippen LogP contribution in [0.5, 0.6) is 0 Å². The van der Waals surface area contributed by atoms with Gasteiger partial charge in [-0.05, 0) is 44.0 Å². The highest BCUT2D eigenvalue weighted by Crippen LogP contribution is 2.28. The third kappa shape index (κ3) is 2.56. The summed E-state index contributed by atoms with van der Waals surface area (Å²) in [7, 11) is 2.11. The molecule has 0 aliphatic carbocycles. The van der Waals surface area contributed by atoms with Gasteiger partial charge in [0.15, 0.2) is 0 Å². The minimum absolute atomic E-state index is 0.338. The van der Waals surface area contributed by atoms with Crippen molar-refractivity contribution in [1.29, 1.82) is 0 Å². The molecule has 3 rings (SSSR count). The van der Waals surface area contributed by atoms with E-state index in [-0.39, 0.29) is 0 Å². The zero-order valence-electron chi connectivity index (χ0n) is 12.1. The van der Waals surface area contributed by atoms with Gasteiger partial charge >= 0.3 is 0 Å². The van der Waals surface area contributed by atoms with Gasteiger partial charge in [-0.15, -0.1) is 0 Å². The summed E-state index contributed by atoms with van der Waals surface area (Å²) in [6.45, 7) is 3.83. The number of anilines is 2. The van der Waals surface area contributed by atoms with Crippen LogP contribution in [-0.4, -0.2) is 31.3 Å². The normalized spacial score (nSPS) is 18.6. The first-order valence-corrected chi connectivity index (χ1v) is 7.13. The summed E-state index contributed by atoms with van der Waals surface area (Å²) in [5.74, 6) is 0. The van der Waals surface area contributed by atoms with E-state index in [2.05, 4.69) is 23.0 Å². The Kier molecular flexibility index (Phi) is 3.49. The molecule has 0 amide bonds. The van der Waals surface area contributed by atoms with E-state index < -0.39 is 0 Å². The lowest BCUT2D eigenvalue weighted by atomic mass is 10.1. The van der Waals surface area contributed by atoms with Gasteiger partial charge in [0.1, 0.15) is 0 Å². The molecule has 4 heteroatoms. The molecule has 0 saturated carbocycles. The van der Waals surface area contributed by atoms with Crippen LogP contribution in [0.4, 0.5) is 11.4 Å². The van der Waals surface area contributed by atoms with E-state index in [1.807, 2.05) is 25.1 Å². The molecule has 1 aliphatic rings. The molecule has 1 atom stereocenters. The van der Waals surface area contributed by atoms with Crippen LogP contribution in [0.15, 0.2) is 24.3 Å². The molecule has 106 valence electrons. The summed E-state index contributed by atoms with van der Waals surface area (Å²) in [4.78, 5) is 6.83. The maximum atomic E-state index is 5.92. The van der Waals surface area contributed by atoms with Gasteiger partial charge in [-0.25, -0.2) is 0 Å². The van der Waals surface area contributed by atoms with Crippen LogP contribution in [0.1, 0.15) is 18.5 Å². The van der Waals surface area contributed by atoms with Crippen LogP contribution in [0.3, 0.4) is 0 Å². The van der Waals surface area contributed by atoms with E-state index in [0.717, 1.165) is 41.9 Å². The number of fused-ring (bicyclic) bond motifs is 1. The Hall–Kier alpha value is -1.81. The zero-order chi connectivity index (χ0) is 14.1. The van der Waals surface area contributed by atoms with Crippen molar-refractivity contribution in [2.75, 3.05) is 30.8 Å². The number of nitrogens with two attached hydrogens (primary N) is 1. The van der Waals surface area contributed by atoms with Gasteiger partial charge in [-0.2, -0.15) is 0 Å². The van der Waals surface area contributed by atoms with E-state index in [1.165, 1.54) is 12.1 Å². The van der Waals surface area contributed by atoms with Gasteiger partial charge in [0.05, 0.1) is 11.6 Å². The van der Waals surface area contributed by atoms with Crippen LogP contribution in [-0.2, 0) is 4.74 Å². The molecule has 2 heterocycles. The Morgan fingerprint density at radius 1 is 1.40 bits per heavy atom. The highest BCUT2D eigenvalue weighted by atomic mass is 16.5. The number of hydrogen-bond acceptors (Lipinski definition) is 4. The van der Waals surface area contributed by atoms with Crippen molar-refractivity contribution in [3.05, 3.63) is 30.0 Å². The zero-order valence-corrected chi connectivity index (χ0v) is 12.1. The van der Waals surface area contributed by atoms with Crippen molar-refractivity contribution in [2.24, 2.45) is 0 Å². The summed E-state index contributed by atoms with van der Waals surface area (Å²) in [5.41, 5.74) is 9.89. The van der Waals surface area contributed by atoms with Crippen molar-refractivity contribution >= 4 is 22.3 Å². The van der Waals surface area contributed by atoms with E-state index >= 15 is 0 Å². The van der Waals surface area contributed by atoms with Crippen LogP contribution >= 0.6 is 0 Å². The number of aromatic nitrogens is 1. The second kappa shape index (κ2) is 5.29. The molecule has 2 N–H and O–H groups in total. The predicted octanol–water partition coefficient (Wildman–Crippen LogP) is 2.74. The standard InChI is InChI=1S/C16H21N3O/c1-11-8-16(19(2)10-13-4-3-7-20-13)14-9-12(17)5-6-15(14)18-11/h5-6,8-9,13H,3-4,7,10,17H2,1-2H3. The summed E-state index contributed by atoms with van der Waals surface area (Å²) in [6.07, 6.45) is 2.65. The maximum Gasteiger partial charge on any atom is 0.0750 e. The average molecular weight is 271 g/mol. The van der Waals surface area contributed by atoms with Gasteiger partial charge in [-0.1, -0.05) is 0 Å². The summed E-state index contributed by atoms with van der Waals surface area (Å²) in [6, 6.07) is 8.01. The minimum Gasteiger partial charge on any atom is -0.399 e. The molecule has 0 bridgehead atoms. The maximum absolute atomic E-state index is 5.92. The van der Waals surface area contributed by atoms with Crippen molar-refractivity contribution < 1.29 is 4.74 Å². The van der Waals surface area contributed by atoms with E-state index in [9.17, 15) is 0 Å². The van der Waals surface area contributed by atoms with Gasteiger partial charge in [-0.3, -0.25) is 4.98 Å². The van der Waals surface area contributed by atoms with Gasteiger partial charge < -0.3 is 15.4 Å². The number of nitrogens with zero attached hydrogens (tertiary/aromatic N) is 2. The number of rotatable bonds is 3. The molecule has 1 aliphatic heterocycles. The first kappa shape index (κ1) is 13.2. The van der Waals surface area contributed by atoms with Gasteiger partial charge in [0.25, 0.3) is 0 Å². The lowest BCUT2D eigenvalue weighted by molar-refractivity contribution is 0.116. The Balaban J connectivity index is 1.97. The van der Waals surface area contributed by atoms with E-state index in [1.54, 1.807) is 0 Å². The molecule has 1 unspecified atom stereocenters. The summed E-state index contributed by atoms with van der Waals surface area (Å²) >= 11 is 0. The molecular formula is C16H21N3O. The quantitative estimate of drug-likeness (QED) is 0.872. The monoisotopic (exact) mass is 271 g/mol. The fourth-order valence-corrected chi connectivity index (χ4v) is 2.86. The molecule has 4 nitrogen and oxygen atoms in total. The first-order valence-electron chi connectivity index (χ1n) is 7.13. The third-order valence-electron chi connectivity index (χ3n) is 3.85. The van der Waals surface area contributed by atoms with E-state index in [4.69, 9.17) is 10.5 Å². The van der Waals surface area contributed by atoms with Crippen molar-refractivity contribution in [3.63, 3.8) is 0 Å². The molecule has 0 radical (unpaired) electrons. The number of likely N-dealkylation sites (N-methyl/N-ethyl adjacent to an activating group) is 1. The molecule has 0 spiro atoms. The van der Waals surface area contributed by atoms with Gasteiger partial charge in [0, 0.05) is 42.7 Å². The SMILES string of the molecule is Cc1cc(N(C)CC2CCCO2)c2cc(N)ccc2n1. The second-order valence-electron chi connectivity index (χ2n) is 5.57. The van der Waals surface area contributed by atoms with Crippen molar-refractivity contribution in [1.82, 2.24) is 4.98 Å². The molecular weight excluding hydrogens is 250 g/mol. The number of benzene rings is 1. The van der Waals surface area contributed by atoms with Crippen molar-refractivity contribution in [2.45, 2.75) is 25.9 Å². The molecule has 1 fully saturated rings. The Morgan fingerprint density at radius 2 is 2.25 bits per heavy atom. The molecule has 1 aromatic heterocycles. The topological polar surface area (TPSA) is 51.4 Å². The first-order chi connectivity index (χ1) is 9.63. The van der Waals surface area contributed by atoms with Crippen LogP contribution < -0.4 is 10.6 Å². The lowest BCUT2D eigenvalue weighted by Gasteiger charge is -2.24. The Morgan fingerprint density at radius 3 is 3.00 bits per heavy atom. The number of aryl methyl sites for hydroxylation is 1. The number of pyridine rings is 1. The molecule has 1 saturated heterocycles. The largest absolute Gasteiger partial charge is 0.399 e. The lowest BCUT2D eigenvalue weighted by Crippen LogP contribution is -2.28. The molecule has 2 aromatic rings. The second-order valence-corrected chi connectivity index (χ2v) is 5.57. The number of hydrogen-bond donors (Lipinski definition) is 1. The third-order valence-corrected chi connectivity index (χ3v) is 3.85. The Labute approximate surface area is 119 Å². The highest BCUT2D eigenvalue weighted by Gasteiger charge is 2.19. The highest BCUT2D eigenvalue weighted by molar-refractivity contribution is 5.93. The molecule has 20 heavy (non-hydrogen) atoms. The number of ether oxygens (including phenoxy) is 1. The van der Waals surface area contributed by atoms with Gasteiger partial charge in [0.2, 0.25) is 0 Å². The van der Waals surface area contributed by atoms with Crippen LogP contribution in [0.2, 0.25) is 0 Å². The summed E-state index contributed by atoms with van der Waals surface area (Å²) in [5, 5.41) is 1.11. The fourth-order valence-electron chi connectivity index (χ4n) is 2.86. The Bertz CT molecular complexity index is 620. The minimum atomic E-state index is 0.338. The van der Waals surface area contributed by atoms with Crippen LogP contribution in [0.25, 0.3) is 10.9 Å². The van der Waals surface area contributed by atoms with Crippen molar-refractivity contribution in [3.8, 4) is 0 Å². The molecule has 1 aromatic carbocycles. The average Bonchev–Trinajstić information content (AvgIpc) is 2.91. The summed E-state index contributed by atoms with van der Waals surface area (Å²) < 4.78 is 5.73.